The first-order chi connectivity index (χ1) is 6.18. The van der Waals surface area contributed by atoms with E-state index in [1.165, 1.54) is 6.92 Å². The van der Waals surface area contributed by atoms with Gasteiger partial charge in [0.1, 0.15) is 6.10 Å². The molecule has 3 nitrogen and oxygen atoms in total. The van der Waals surface area contributed by atoms with Crippen LogP contribution in [-0.4, -0.2) is 23.3 Å². The fourth-order valence-electron chi connectivity index (χ4n) is 2.72. The molecule has 1 N–H and O–H groups in total. The Morgan fingerprint density at radius 3 is 2.23 bits per heavy atom. The maximum Gasteiger partial charge on any atom is 0.303 e. The number of aliphatic hydroxyl groups is 1. The highest BCUT2D eigenvalue weighted by molar-refractivity contribution is 5.66. The maximum absolute atomic E-state index is 10.8. The molecular formula is C10H16O3. The summed E-state index contributed by atoms with van der Waals surface area (Å²) >= 11 is 0. The Bertz CT molecular complexity index is 204. The van der Waals surface area contributed by atoms with Gasteiger partial charge in [-0.25, -0.2) is 0 Å². The van der Waals surface area contributed by atoms with Gasteiger partial charge in [-0.2, -0.15) is 0 Å². The number of ether oxygens (including phenoxy) is 1. The molecule has 0 spiro atoms. The number of hydrogen-bond acceptors (Lipinski definition) is 3. The smallest absolute Gasteiger partial charge is 0.303 e. The van der Waals surface area contributed by atoms with Crippen LogP contribution in [0.15, 0.2) is 0 Å². The SMILES string of the molecule is CC(=O)OC1C2CCC(CC2)C1O. The van der Waals surface area contributed by atoms with Crippen molar-refractivity contribution < 1.29 is 14.6 Å². The van der Waals surface area contributed by atoms with E-state index in [4.69, 9.17) is 4.74 Å². The van der Waals surface area contributed by atoms with Crippen molar-refractivity contribution in [3.63, 3.8) is 0 Å². The summed E-state index contributed by atoms with van der Waals surface area (Å²) in [5.74, 6) is 0.509. The van der Waals surface area contributed by atoms with Crippen molar-refractivity contribution in [3.05, 3.63) is 0 Å². The predicted octanol–water partition coefficient (Wildman–Crippen LogP) is 1.10. The zero-order valence-corrected chi connectivity index (χ0v) is 7.90. The number of rotatable bonds is 1. The third kappa shape index (κ3) is 1.57. The molecular weight excluding hydrogens is 168 g/mol. The van der Waals surface area contributed by atoms with E-state index < -0.39 is 6.10 Å². The van der Waals surface area contributed by atoms with Crippen molar-refractivity contribution in [1.29, 1.82) is 0 Å². The van der Waals surface area contributed by atoms with Gasteiger partial charge in [-0.3, -0.25) is 4.79 Å². The van der Waals surface area contributed by atoms with Crippen molar-refractivity contribution >= 4 is 5.97 Å². The van der Waals surface area contributed by atoms with E-state index in [9.17, 15) is 9.90 Å². The standard InChI is InChI=1S/C10H16O3/c1-6(11)13-10-8-4-2-7(3-5-8)9(10)12/h7-10,12H,2-5H2,1H3. The first-order valence-corrected chi connectivity index (χ1v) is 5.04. The molecule has 0 aromatic heterocycles. The average Bonchev–Trinajstić information content (AvgIpc) is 2.11. The molecule has 0 heterocycles. The van der Waals surface area contributed by atoms with Crippen LogP contribution in [0, 0.1) is 11.8 Å². The van der Waals surface area contributed by atoms with E-state index in [2.05, 4.69) is 0 Å². The third-order valence-electron chi connectivity index (χ3n) is 3.40. The Morgan fingerprint density at radius 2 is 1.77 bits per heavy atom. The average molecular weight is 184 g/mol. The summed E-state index contributed by atoms with van der Waals surface area (Å²) in [5, 5.41) is 9.83. The quantitative estimate of drug-likeness (QED) is 0.621. The number of carbonyl (C=O) groups is 1. The second-order valence-corrected chi connectivity index (χ2v) is 4.24. The first kappa shape index (κ1) is 9.00. The van der Waals surface area contributed by atoms with Crippen molar-refractivity contribution in [1.82, 2.24) is 0 Å². The first-order valence-electron chi connectivity index (χ1n) is 5.04. The van der Waals surface area contributed by atoms with E-state index in [1.807, 2.05) is 0 Å². The van der Waals surface area contributed by atoms with Crippen molar-refractivity contribution in [2.24, 2.45) is 11.8 Å². The Hall–Kier alpha value is -0.570. The van der Waals surface area contributed by atoms with Gasteiger partial charge in [0.05, 0.1) is 6.10 Å². The summed E-state index contributed by atoms with van der Waals surface area (Å²) in [6.07, 6.45) is 3.80. The topological polar surface area (TPSA) is 46.5 Å². The van der Waals surface area contributed by atoms with E-state index in [-0.39, 0.29) is 12.1 Å². The van der Waals surface area contributed by atoms with Gasteiger partial charge in [-0.1, -0.05) is 0 Å². The fourth-order valence-corrected chi connectivity index (χ4v) is 2.72. The maximum atomic E-state index is 10.8. The Kier molecular flexibility index (Phi) is 2.28. The highest BCUT2D eigenvalue weighted by Gasteiger charge is 2.44. The summed E-state index contributed by atoms with van der Waals surface area (Å²) in [7, 11) is 0. The summed E-state index contributed by atoms with van der Waals surface area (Å²) < 4.78 is 5.15. The van der Waals surface area contributed by atoms with Crippen LogP contribution in [0.3, 0.4) is 0 Å². The molecule has 2 atom stereocenters. The number of fused-ring (bicyclic) bond motifs is 3. The summed E-state index contributed by atoms with van der Waals surface area (Å²) in [6, 6.07) is 0. The lowest BCUT2D eigenvalue weighted by Crippen LogP contribution is -2.49. The summed E-state index contributed by atoms with van der Waals surface area (Å²) in [5.41, 5.74) is 0. The van der Waals surface area contributed by atoms with E-state index >= 15 is 0 Å². The van der Waals surface area contributed by atoms with E-state index in [0.29, 0.717) is 11.8 Å². The minimum Gasteiger partial charge on any atom is -0.459 e. The number of carbonyl (C=O) groups excluding carboxylic acids is 1. The largest absolute Gasteiger partial charge is 0.459 e. The molecule has 3 rings (SSSR count). The lowest BCUT2D eigenvalue weighted by Gasteiger charge is -2.45. The molecule has 3 fully saturated rings. The van der Waals surface area contributed by atoms with Gasteiger partial charge in [0.2, 0.25) is 0 Å². The molecule has 74 valence electrons. The fraction of sp³-hybridized carbons (Fsp3) is 0.900. The number of hydrogen-bond donors (Lipinski definition) is 1. The third-order valence-corrected chi connectivity index (χ3v) is 3.40. The lowest BCUT2D eigenvalue weighted by atomic mass is 9.67. The van der Waals surface area contributed by atoms with Crippen LogP contribution in [0.4, 0.5) is 0 Å². The normalized spacial score (nSPS) is 43.2. The minimum atomic E-state index is -0.406. The molecule has 0 aromatic rings. The zero-order valence-electron chi connectivity index (χ0n) is 7.90. The Morgan fingerprint density at radius 1 is 1.23 bits per heavy atom. The lowest BCUT2D eigenvalue weighted by molar-refractivity contribution is -0.172. The van der Waals surface area contributed by atoms with Gasteiger partial charge in [-0.15, -0.1) is 0 Å². The Labute approximate surface area is 78.1 Å². The van der Waals surface area contributed by atoms with Gasteiger partial charge in [0.25, 0.3) is 0 Å². The van der Waals surface area contributed by atoms with Gasteiger partial charge in [0.15, 0.2) is 0 Å². The van der Waals surface area contributed by atoms with Crippen LogP contribution in [-0.2, 0) is 9.53 Å². The monoisotopic (exact) mass is 184 g/mol. The molecule has 13 heavy (non-hydrogen) atoms. The zero-order chi connectivity index (χ0) is 9.42. The van der Waals surface area contributed by atoms with Crippen LogP contribution in [0.5, 0.6) is 0 Å². The number of esters is 1. The van der Waals surface area contributed by atoms with E-state index in [0.717, 1.165) is 25.7 Å². The molecule has 0 aliphatic heterocycles. The molecule has 0 radical (unpaired) electrons. The van der Waals surface area contributed by atoms with Gasteiger partial charge >= 0.3 is 5.97 Å². The van der Waals surface area contributed by atoms with Crippen LogP contribution in [0.2, 0.25) is 0 Å². The Balaban J connectivity index is 2.05. The molecule has 2 bridgehead atoms. The minimum absolute atomic E-state index is 0.218. The van der Waals surface area contributed by atoms with Gasteiger partial charge in [-0.05, 0) is 37.5 Å². The number of aliphatic hydroxyl groups excluding tert-OH is 1. The summed E-state index contributed by atoms with van der Waals surface area (Å²) in [4.78, 5) is 10.8. The van der Waals surface area contributed by atoms with Crippen molar-refractivity contribution in [3.8, 4) is 0 Å². The second kappa shape index (κ2) is 3.29. The molecule has 0 amide bonds. The van der Waals surface area contributed by atoms with Crippen molar-refractivity contribution in [2.45, 2.75) is 44.8 Å². The molecule has 3 aliphatic carbocycles. The predicted molar refractivity (Wildman–Crippen MR) is 47.0 cm³/mol. The second-order valence-electron chi connectivity index (χ2n) is 4.24. The van der Waals surface area contributed by atoms with E-state index in [1.54, 1.807) is 0 Å². The summed E-state index contributed by atoms with van der Waals surface area (Å²) in [6.45, 7) is 1.41. The molecule has 3 heteroatoms. The molecule has 3 aliphatic rings. The highest BCUT2D eigenvalue weighted by atomic mass is 16.6. The van der Waals surface area contributed by atoms with Crippen molar-refractivity contribution in [2.75, 3.05) is 0 Å². The molecule has 0 aromatic carbocycles. The molecule has 2 unspecified atom stereocenters. The van der Waals surface area contributed by atoms with Gasteiger partial charge < -0.3 is 9.84 Å². The van der Waals surface area contributed by atoms with Crippen LogP contribution in [0.25, 0.3) is 0 Å². The van der Waals surface area contributed by atoms with Crippen LogP contribution in [0.1, 0.15) is 32.6 Å². The molecule has 3 saturated carbocycles. The van der Waals surface area contributed by atoms with Crippen LogP contribution >= 0.6 is 0 Å². The molecule has 0 saturated heterocycles. The van der Waals surface area contributed by atoms with Crippen LogP contribution < -0.4 is 0 Å². The highest BCUT2D eigenvalue weighted by Crippen LogP contribution is 2.42. The van der Waals surface area contributed by atoms with Gasteiger partial charge in [0, 0.05) is 6.92 Å².